The second-order valence-electron chi connectivity index (χ2n) is 3.94. The Morgan fingerprint density at radius 1 is 1.17 bits per heavy atom. The van der Waals surface area contributed by atoms with Gasteiger partial charge in [0.1, 0.15) is 11.4 Å². The number of halogens is 1. The van der Waals surface area contributed by atoms with Crippen LogP contribution >= 0.6 is 0 Å². The molecule has 0 unspecified atom stereocenters. The lowest BCUT2D eigenvalue weighted by Gasteiger charge is -2.29. The fraction of sp³-hybridized carbons (Fsp3) is 0.214. The monoisotopic (exact) mass is 248 g/mol. The van der Waals surface area contributed by atoms with Crippen molar-refractivity contribution in [2.24, 2.45) is 0 Å². The molecule has 0 heterocycles. The number of hydrogen-bond acceptors (Lipinski definition) is 3. The molecule has 94 valence electrons. The third kappa shape index (κ3) is 2.55. The molecule has 1 aromatic rings. The Morgan fingerprint density at radius 2 is 1.78 bits per heavy atom. The summed E-state index contributed by atoms with van der Waals surface area (Å²) < 4.78 is 18.5. The molecule has 0 aromatic heterocycles. The number of rotatable bonds is 4. The topological polar surface area (TPSA) is 46.5 Å². The minimum Gasteiger partial charge on any atom is -0.394 e. The highest BCUT2D eigenvalue weighted by Crippen LogP contribution is 2.31. The van der Waals surface area contributed by atoms with E-state index in [1.807, 2.05) is 0 Å². The molecule has 0 radical (unpaired) electrons. The Morgan fingerprint density at radius 3 is 2.33 bits per heavy atom. The molecule has 1 aliphatic rings. The van der Waals surface area contributed by atoms with E-state index in [4.69, 9.17) is 9.84 Å². The first-order chi connectivity index (χ1) is 8.66. The van der Waals surface area contributed by atoms with Crippen LogP contribution in [-0.4, -0.2) is 24.1 Å². The normalized spacial score (nSPS) is 17.1. The standard InChI is InChI=1S/C14H13FO3/c15-12-3-1-11(2-4-12)14(18-10-9-16)7-5-13(17)6-8-14/h1-8,16H,9-10H2. The summed E-state index contributed by atoms with van der Waals surface area (Å²) in [6.07, 6.45) is 6.03. The van der Waals surface area contributed by atoms with E-state index in [1.165, 1.54) is 24.3 Å². The largest absolute Gasteiger partial charge is 0.394 e. The zero-order valence-corrected chi connectivity index (χ0v) is 9.67. The lowest BCUT2D eigenvalue weighted by Crippen LogP contribution is -2.28. The smallest absolute Gasteiger partial charge is 0.178 e. The molecule has 1 N–H and O–H groups in total. The summed E-state index contributed by atoms with van der Waals surface area (Å²) in [7, 11) is 0. The molecular weight excluding hydrogens is 235 g/mol. The van der Waals surface area contributed by atoms with Gasteiger partial charge < -0.3 is 9.84 Å². The molecule has 0 saturated carbocycles. The van der Waals surface area contributed by atoms with E-state index in [2.05, 4.69) is 0 Å². The van der Waals surface area contributed by atoms with Crippen LogP contribution in [0, 0.1) is 5.82 Å². The van der Waals surface area contributed by atoms with Crippen LogP contribution in [0.4, 0.5) is 4.39 Å². The number of carbonyl (C=O) groups excluding carboxylic acids is 1. The molecular formula is C14H13FO3. The van der Waals surface area contributed by atoms with Crippen LogP contribution < -0.4 is 0 Å². The van der Waals surface area contributed by atoms with Gasteiger partial charge in [-0.1, -0.05) is 12.1 Å². The van der Waals surface area contributed by atoms with Crippen molar-refractivity contribution >= 4 is 5.78 Å². The highest BCUT2D eigenvalue weighted by atomic mass is 19.1. The second kappa shape index (κ2) is 5.25. The maximum absolute atomic E-state index is 12.9. The van der Waals surface area contributed by atoms with E-state index in [0.29, 0.717) is 5.56 Å². The van der Waals surface area contributed by atoms with Gasteiger partial charge in [0.25, 0.3) is 0 Å². The summed E-state index contributed by atoms with van der Waals surface area (Å²) in [6.45, 7) is -0.00117. The maximum Gasteiger partial charge on any atom is 0.178 e. The summed E-state index contributed by atoms with van der Waals surface area (Å²) in [5.41, 5.74) is -0.206. The molecule has 3 nitrogen and oxygen atoms in total. The van der Waals surface area contributed by atoms with E-state index < -0.39 is 5.60 Å². The van der Waals surface area contributed by atoms with E-state index in [1.54, 1.807) is 24.3 Å². The minimum absolute atomic E-state index is 0.125. The number of aliphatic hydroxyl groups is 1. The molecule has 0 saturated heterocycles. The van der Waals surface area contributed by atoms with Gasteiger partial charge >= 0.3 is 0 Å². The average Bonchev–Trinajstić information content (AvgIpc) is 2.40. The van der Waals surface area contributed by atoms with Crippen LogP contribution in [0.1, 0.15) is 5.56 Å². The molecule has 0 atom stereocenters. The van der Waals surface area contributed by atoms with Crippen LogP contribution in [0.25, 0.3) is 0 Å². The van der Waals surface area contributed by atoms with Gasteiger partial charge in [0.05, 0.1) is 13.2 Å². The van der Waals surface area contributed by atoms with Crippen molar-refractivity contribution in [3.8, 4) is 0 Å². The fourth-order valence-corrected chi connectivity index (χ4v) is 1.82. The first kappa shape index (κ1) is 12.7. The van der Waals surface area contributed by atoms with Gasteiger partial charge in [-0.05, 0) is 42.0 Å². The van der Waals surface area contributed by atoms with Gasteiger partial charge in [0.2, 0.25) is 0 Å². The fourth-order valence-electron chi connectivity index (χ4n) is 1.82. The van der Waals surface area contributed by atoms with Gasteiger partial charge in [-0.2, -0.15) is 0 Å². The van der Waals surface area contributed by atoms with Gasteiger partial charge in [-0.3, -0.25) is 4.79 Å². The van der Waals surface area contributed by atoms with Crippen molar-refractivity contribution in [2.75, 3.05) is 13.2 Å². The summed E-state index contributed by atoms with van der Waals surface area (Å²) in [5, 5.41) is 8.85. The third-order valence-electron chi connectivity index (χ3n) is 2.72. The molecule has 1 aromatic carbocycles. The molecule has 18 heavy (non-hydrogen) atoms. The number of hydrogen-bond donors (Lipinski definition) is 1. The quantitative estimate of drug-likeness (QED) is 0.882. The predicted molar refractivity (Wildman–Crippen MR) is 64.4 cm³/mol. The van der Waals surface area contributed by atoms with Crippen LogP contribution in [0.15, 0.2) is 48.6 Å². The molecule has 4 heteroatoms. The van der Waals surface area contributed by atoms with E-state index in [-0.39, 0.29) is 24.8 Å². The molecule has 0 aliphatic heterocycles. The number of ketones is 1. The number of aliphatic hydroxyl groups excluding tert-OH is 1. The Kier molecular flexibility index (Phi) is 3.69. The molecule has 1 aliphatic carbocycles. The zero-order chi connectivity index (χ0) is 13.0. The van der Waals surface area contributed by atoms with Crippen molar-refractivity contribution in [1.29, 1.82) is 0 Å². The molecule has 2 rings (SSSR count). The third-order valence-corrected chi connectivity index (χ3v) is 2.72. The molecule has 0 amide bonds. The van der Waals surface area contributed by atoms with Crippen LogP contribution in [0.5, 0.6) is 0 Å². The Balaban J connectivity index is 2.36. The number of ether oxygens (including phenoxy) is 1. The molecule has 0 fully saturated rings. The number of allylic oxidation sites excluding steroid dienone is 2. The van der Waals surface area contributed by atoms with Crippen LogP contribution in [0.3, 0.4) is 0 Å². The van der Waals surface area contributed by atoms with Gasteiger partial charge in [0, 0.05) is 0 Å². The van der Waals surface area contributed by atoms with Gasteiger partial charge in [-0.25, -0.2) is 4.39 Å². The number of benzene rings is 1. The van der Waals surface area contributed by atoms with Crippen LogP contribution in [0.2, 0.25) is 0 Å². The Labute approximate surface area is 104 Å². The van der Waals surface area contributed by atoms with Gasteiger partial charge in [-0.15, -0.1) is 0 Å². The molecule has 0 bridgehead atoms. The molecule has 0 spiro atoms. The Bertz CT molecular complexity index is 472. The summed E-state index contributed by atoms with van der Waals surface area (Å²) >= 11 is 0. The maximum atomic E-state index is 12.9. The van der Waals surface area contributed by atoms with Crippen LogP contribution in [-0.2, 0) is 15.1 Å². The minimum atomic E-state index is -0.912. The van der Waals surface area contributed by atoms with Crippen molar-refractivity contribution in [3.05, 3.63) is 60.0 Å². The summed E-state index contributed by atoms with van der Waals surface area (Å²) in [6, 6.07) is 5.85. The van der Waals surface area contributed by atoms with E-state index in [9.17, 15) is 9.18 Å². The SMILES string of the molecule is O=C1C=CC(OCCO)(c2ccc(F)cc2)C=C1. The highest BCUT2D eigenvalue weighted by molar-refractivity contribution is 6.00. The summed E-state index contributed by atoms with van der Waals surface area (Å²) in [4.78, 5) is 11.2. The number of carbonyl (C=O) groups is 1. The first-order valence-corrected chi connectivity index (χ1v) is 5.59. The lowest BCUT2D eigenvalue weighted by atomic mass is 9.89. The second-order valence-corrected chi connectivity index (χ2v) is 3.94. The van der Waals surface area contributed by atoms with Crippen molar-refractivity contribution in [2.45, 2.75) is 5.60 Å². The van der Waals surface area contributed by atoms with Crippen molar-refractivity contribution < 1.29 is 19.0 Å². The van der Waals surface area contributed by atoms with E-state index >= 15 is 0 Å². The highest BCUT2D eigenvalue weighted by Gasteiger charge is 2.29. The average molecular weight is 248 g/mol. The zero-order valence-electron chi connectivity index (χ0n) is 9.67. The summed E-state index contributed by atoms with van der Waals surface area (Å²) in [5.74, 6) is -0.462. The first-order valence-electron chi connectivity index (χ1n) is 5.59. The predicted octanol–water partition coefficient (Wildman–Crippen LogP) is 1.72. The Hall–Kier alpha value is -1.78. The van der Waals surface area contributed by atoms with Crippen molar-refractivity contribution in [1.82, 2.24) is 0 Å². The van der Waals surface area contributed by atoms with Gasteiger partial charge in [0.15, 0.2) is 5.78 Å². The lowest BCUT2D eigenvalue weighted by molar-refractivity contribution is -0.111. The van der Waals surface area contributed by atoms with Crippen molar-refractivity contribution in [3.63, 3.8) is 0 Å². The van der Waals surface area contributed by atoms with E-state index in [0.717, 1.165) is 0 Å².